The highest BCUT2D eigenvalue weighted by Gasteiger charge is 2.27. The van der Waals surface area contributed by atoms with Crippen LogP contribution in [-0.2, 0) is 6.42 Å². The number of alkyl halides is 1. The van der Waals surface area contributed by atoms with Crippen molar-refractivity contribution in [3.63, 3.8) is 0 Å². The number of nitrogens with zero attached hydrogens (tertiary/aromatic N) is 1. The van der Waals surface area contributed by atoms with Gasteiger partial charge in [-0.15, -0.1) is 0 Å². The maximum Gasteiger partial charge on any atom is 0.135 e. The smallest absolute Gasteiger partial charge is 0.135 e. The lowest BCUT2D eigenvalue weighted by molar-refractivity contribution is 0.274. The zero-order valence-corrected chi connectivity index (χ0v) is 7.83. The summed E-state index contributed by atoms with van der Waals surface area (Å²) in [6.45, 7) is 3.26. The van der Waals surface area contributed by atoms with Crippen LogP contribution >= 0.6 is 0 Å². The molecule has 0 amide bonds. The van der Waals surface area contributed by atoms with Gasteiger partial charge in [-0.1, -0.05) is 25.1 Å². The van der Waals surface area contributed by atoms with Crippen molar-refractivity contribution in [2.45, 2.75) is 19.5 Å². The van der Waals surface area contributed by atoms with Crippen LogP contribution in [0.3, 0.4) is 0 Å². The second-order valence-electron chi connectivity index (χ2n) is 3.48. The summed E-state index contributed by atoms with van der Waals surface area (Å²) in [6, 6.07) is 8.24. The van der Waals surface area contributed by atoms with E-state index >= 15 is 0 Å². The van der Waals surface area contributed by atoms with Crippen LogP contribution in [0.25, 0.3) is 0 Å². The quantitative estimate of drug-likeness (QED) is 0.674. The Balaban J connectivity index is 2.19. The number of rotatable bonds is 2. The van der Waals surface area contributed by atoms with Gasteiger partial charge in [0.1, 0.15) is 6.17 Å². The van der Waals surface area contributed by atoms with Gasteiger partial charge in [0.2, 0.25) is 0 Å². The van der Waals surface area contributed by atoms with Gasteiger partial charge in [0.25, 0.3) is 0 Å². The summed E-state index contributed by atoms with van der Waals surface area (Å²) in [4.78, 5) is 2.10. The van der Waals surface area contributed by atoms with Crippen molar-refractivity contribution in [2.24, 2.45) is 0 Å². The van der Waals surface area contributed by atoms with E-state index in [1.165, 1.54) is 11.3 Å². The van der Waals surface area contributed by atoms with E-state index in [9.17, 15) is 4.39 Å². The van der Waals surface area contributed by atoms with Crippen molar-refractivity contribution in [2.75, 3.05) is 18.0 Å². The Kier molecular flexibility index (Phi) is 2.21. The van der Waals surface area contributed by atoms with E-state index in [1.807, 2.05) is 12.1 Å². The van der Waals surface area contributed by atoms with Crippen LogP contribution in [0.4, 0.5) is 10.1 Å². The number of anilines is 1. The molecular formula is C11H14FN. The summed E-state index contributed by atoms with van der Waals surface area (Å²) in [5.74, 6) is 0. The van der Waals surface area contributed by atoms with Crippen molar-refractivity contribution in [1.82, 2.24) is 0 Å². The van der Waals surface area contributed by atoms with Crippen molar-refractivity contribution in [3.05, 3.63) is 29.8 Å². The largest absolute Gasteiger partial charge is 0.365 e. The molecule has 0 aliphatic carbocycles. The van der Waals surface area contributed by atoms with E-state index in [4.69, 9.17) is 0 Å². The molecule has 1 aromatic carbocycles. The van der Waals surface area contributed by atoms with E-state index in [0.29, 0.717) is 13.1 Å². The molecule has 0 saturated carbocycles. The van der Waals surface area contributed by atoms with Gasteiger partial charge >= 0.3 is 0 Å². The highest BCUT2D eigenvalue weighted by atomic mass is 19.1. The second kappa shape index (κ2) is 3.36. The van der Waals surface area contributed by atoms with E-state index in [2.05, 4.69) is 24.0 Å². The second-order valence-corrected chi connectivity index (χ2v) is 3.48. The Morgan fingerprint density at radius 3 is 2.69 bits per heavy atom. The normalized spacial score (nSPS) is 17.2. The van der Waals surface area contributed by atoms with Crippen molar-refractivity contribution in [3.8, 4) is 0 Å². The van der Waals surface area contributed by atoms with Gasteiger partial charge in [-0.2, -0.15) is 0 Å². The first kappa shape index (κ1) is 8.54. The Morgan fingerprint density at radius 1 is 1.38 bits per heavy atom. The molecule has 13 heavy (non-hydrogen) atoms. The minimum absolute atomic E-state index is 0.566. The summed E-state index contributed by atoms with van der Waals surface area (Å²) in [6.07, 6.45) is 0.397. The monoisotopic (exact) mass is 179 g/mol. The molecule has 0 spiro atoms. The van der Waals surface area contributed by atoms with Gasteiger partial charge in [-0.25, -0.2) is 4.39 Å². The third-order valence-corrected chi connectivity index (χ3v) is 2.55. The number of halogens is 1. The van der Waals surface area contributed by atoms with Crippen molar-refractivity contribution in [1.29, 1.82) is 0 Å². The Hall–Kier alpha value is -1.05. The minimum atomic E-state index is -0.620. The highest BCUT2D eigenvalue weighted by Crippen LogP contribution is 2.26. The van der Waals surface area contributed by atoms with Crippen molar-refractivity contribution < 1.29 is 4.39 Å². The van der Waals surface area contributed by atoms with Gasteiger partial charge in [0, 0.05) is 5.69 Å². The molecular weight excluding hydrogens is 165 g/mol. The lowest BCUT2D eigenvalue weighted by Crippen LogP contribution is -2.48. The van der Waals surface area contributed by atoms with Gasteiger partial charge < -0.3 is 4.90 Å². The molecule has 0 unspecified atom stereocenters. The summed E-state index contributed by atoms with van der Waals surface area (Å²) in [5, 5.41) is 0. The molecule has 1 aliphatic rings. The molecule has 70 valence electrons. The summed E-state index contributed by atoms with van der Waals surface area (Å²) in [5.41, 5.74) is 2.52. The van der Waals surface area contributed by atoms with Crippen LogP contribution in [0, 0.1) is 0 Å². The highest BCUT2D eigenvalue weighted by molar-refractivity contribution is 5.55. The van der Waals surface area contributed by atoms with E-state index in [-0.39, 0.29) is 0 Å². The minimum Gasteiger partial charge on any atom is -0.365 e. The maximum absolute atomic E-state index is 12.6. The molecule has 2 rings (SSSR count). The number of aryl methyl sites for hydroxylation is 1. The molecule has 1 fully saturated rings. The lowest BCUT2D eigenvalue weighted by Gasteiger charge is -2.37. The zero-order valence-electron chi connectivity index (χ0n) is 7.83. The fraction of sp³-hybridized carbons (Fsp3) is 0.455. The standard InChI is InChI=1S/C11H14FN/c1-2-9-5-3-4-6-11(9)13-7-10(12)8-13/h3-6,10H,2,7-8H2,1H3. The molecule has 0 N–H and O–H groups in total. The first-order valence-corrected chi connectivity index (χ1v) is 4.78. The lowest BCUT2D eigenvalue weighted by atomic mass is 10.1. The van der Waals surface area contributed by atoms with Crippen LogP contribution in [0.15, 0.2) is 24.3 Å². The number of hydrogen-bond acceptors (Lipinski definition) is 1. The van der Waals surface area contributed by atoms with E-state index < -0.39 is 6.17 Å². The molecule has 0 bridgehead atoms. The van der Waals surface area contributed by atoms with E-state index in [1.54, 1.807) is 0 Å². The summed E-state index contributed by atoms with van der Waals surface area (Å²) >= 11 is 0. The van der Waals surface area contributed by atoms with Gasteiger partial charge in [-0.05, 0) is 18.1 Å². The number of benzene rings is 1. The van der Waals surface area contributed by atoms with Gasteiger partial charge in [-0.3, -0.25) is 0 Å². The molecule has 0 aromatic heterocycles. The fourth-order valence-corrected chi connectivity index (χ4v) is 1.74. The van der Waals surface area contributed by atoms with Crippen LogP contribution < -0.4 is 4.90 Å². The zero-order chi connectivity index (χ0) is 9.26. The average molecular weight is 179 g/mol. The van der Waals surface area contributed by atoms with Crippen molar-refractivity contribution >= 4 is 5.69 Å². The molecule has 0 atom stereocenters. The fourth-order valence-electron chi connectivity index (χ4n) is 1.74. The third kappa shape index (κ3) is 1.53. The van der Waals surface area contributed by atoms with Gasteiger partial charge in [0.05, 0.1) is 13.1 Å². The average Bonchev–Trinajstić information content (AvgIpc) is 2.13. The SMILES string of the molecule is CCc1ccccc1N1CC(F)C1. The molecule has 2 heteroatoms. The predicted molar refractivity (Wildman–Crippen MR) is 52.9 cm³/mol. The number of hydrogen-bond donors (Lipinski definition) is 0. The molecule has 0 radical (unpaired) electrons. The Labute approximate surface area is 78.2 Å². The van der Waals surface area contributed by atoms with Crippen LogP contribution in [0.1, 0.15) is 12.5 Å². The van der Waals surface area contributed by atoms with Crippen LogP contribution in [-0.4, -0.2) is 19.3 Å². The molecule has 1 aromatic rings. The molecule has 1 heterocycles. The topological polar surface area (TPSA) is 3.24 Å². The van der Waals surface area contributed by atoms with Gasteiger partial charge in [0.15, 0.2) is 0 Å². The number of para-hydroxylation sites is 1. The predicted octanol–water partition coefficient (Wildman–Crippen LogP) is 2.41. The third-order valence-electron chi connectivity index (χ3n) is 2.55. The Bertz CT molecular complexity index is 292. The molecule has 1 aliphatic heterocycles. The Morgan fingerprint density at radius 2 is 2.08 bits per heavy atom. The van der Waals surface area contributed by atoms with Crippen LogP contribution in [0.2, 0.25) is 0 Å². The molecule has 1 saturated heterocycles. The molecule has 1 nitrogen and oxygen atoms in total. The van der Waals surface area contributed by atoms with Crippen LogP contribution in [0.5, 0.6) is 0 Å². The summed E-state index contributed by atoms with van der Waals surface area (Å²) < 4.78 is 12.6. The first-order valence-electron chi connectivity index (χ1n) is 4.78. The van der Waals surface area contributed by atoms with E-state index in [0.717, 1.165) is 6.42 Å². The summed E-state index contributed by atoms with van der Waals surface area (Å²) in [7, 11) is 0. The maximum atomic E-state index is 12.6. The first-order chi connectivity index (χ1) is 6.31.